The number of ether oxygens (including phenoxy) is 1. The van der Waals surface area contributed by atoms with Gasteiger partial charge in [-0.15, -0.1) is 0 Å². The van der Waals surface area contributed by atoms with Crippen LogP contribution in [0.2, 0.25) is 5.02 Å². The molecule has 0 aliphatic carbocycles. The molecular weight excluding hydrogens is 326 g/mol. The molecule has 0 aliphatic heterocycles. The molecule has 124 valence electrons. The van der Waals surface area contributed by atoms with Crippen molar-refractivity contribution in [2.75, 3.05) is 7.11 Å². The van der Waals surface area contributed by atoms with E-state index in [1.165, 1.54) is 0 Å². The van der Waals surface area contributed by atoms with Gasteiger partial charge in [-0.2, -0.15) is 0 Å². The molecule has 1 heterocycles. The lowest BCUT2D eigenvalue weighted by Gasteiger charge is -2.09. The average Bonchev–Trinajstić information content (AvgIpc) is 2.85. The van der Waals surface area contributed by atoms with Crippen LogP contribution in [0.3, 0.4) is 0 Å². The van der Waals surface area contributed by atoms with Crippen molar-refractivity contribution >= 4 is 28.5 Å². The van der Waals surface area contributed by atoms with E-state index < -0.39 is 5.97 Å². The number of carboxylic acids is 1. The van der Waals surface area contributed by atoms with Crippen LogP contribution in [-0.4, -0.2) is 23.2 Å². The van der Waals surface area contributed by atoms with Crippen LogP contribution >= 0.6 is 11.6 Å². The van der Waals surface area contributed by atoms with Gasteiger partial charge in [0.1, 0.15) is 5.75 Å². The predicted molar refractivity (Wildman–Crippen MR) is 96.1 cm³/mol. The van der Waals surface area contributed by atoms with E-state index in [2.05, 4.69) is 11.1 Å². The van der Waals surface area contributed by atoms with Crippen molar-refractivity contribution in [3.63, 3.8) is 0 Å². The Morgan fingerprint density at radius 3 is 2.67 bits per heavy atom. The van der Waals surface area contributed by atoms with Crippen molar-refractivity contribution in [1.82, 2.24) is 4.98 Å². The van der Waals surface area contributed by atoms with Crippen LogP contribution in [0.5, 0.6) is 5.75 Å². The molecule has 2 N–H and O–H groups in total. The number of aromatic nitrogens is 1. The van der Waals surface area contributed by atoms with E-state index in [-0.39, 0.29) is 6.42 Å². The number of rotatable bonds is 4. The van der Waals surface area contributed by atoms with Crippen molar-refractivity contribution in [3.8, 4) is 17.0 Å². The maximum absolute atomic E-state index is 11.4. The number of halogens is 1. The maximum Gasteiger partial charge on any atom is 0.307 e. The van der Waals surface area contributed by atoms with Gasteiger partial charge in [-0.1, -0.05) is 23.2 Å². The molecule has 0 saturated carbocycles. The quantitative estimate of drug-likeness (QED) is 0.719. The Kier molecular flexibility index (Phi) is 4.24. The van der Waals surface area contributed by atoms with Gasteiger partial charge >= 0.3 is 5.97 Å². The van der Waals surface area contributed by atoms with E-state index in [9.17, 15) is 9.90 Å². The van der Waals surface area contributed by atoms with Gasteiger partial charge in [0.2, 0.25) is 0 Å². The van der Waals surface area contributed by atoms with Gasteiger partial charge in [0.05, 0.1) is 19.2 Å². The lowest BCUT2D eigenvalue weighted by molar-refractivity contribution is -0.136. The molecular formula is C19H18ClNO3. The Hall–Kier alpha value is -2.46. The summed E-state index contributed by atoms with van der Waals surface area (Å²) in [6, 6.07) is 9.41. The molecule has 0 unspecified atom stereocenters. The smallest absolute Gasteiger partial charge is 0.307 e. The number of benzene rings is 2. The second-order valence-corrected chi connectivity index (χ2v) is 6.33. The first kappa shape index (κ1) is 16.4. The van der Waals surface area contributed by atoms with Crippen LogP contribution in [0.25, 0.3) is 22.2 Å². The lowest BCUT2D eigenvalue weighted by atomic mass is 10.00. The summed E-state index contributed by atoms with van der Waals surface area (Å²) in [5.74, 6) is -0.232. The van der Waals surface area contributed by atoms with Crippen LogP contribution in [0, 0.1) is 13.8 Å². The van der Waals surface area contributed by atoms with Gasteiger partial charge in [0.25, 0.3) is 0 Å². The molecule has 0 aliphatic rings. The largest absolute Gasteiger partial charge is 0.496 e. The summed E-state index contributed by atoms with van der Waals surface area (Å²) < 4.78 is 5.44. The number of H-pyrrole nitrogens is 1. The zero-order valence-electron chi connectivity index (χ0n) is 13.7. The number of carboxylic acid groups (broad SMARTS) is 1. The fourth-order valence-electron chi connectivity index (χ4n) is 3.15. The molecule has 24 heavy (non-hydrogen) atoms. The van der Waals surface area contributed by atoms with Gasteiger partial charge in [0, 0.05) is 21.5 Å². The Labute approximate surface area is 145 Å². The molecule has 2 aromatic carbocycles. The van der Waals surface area contributed by atoms with Gasteiger partial charge in [-0.25, -0.2) is 0 Å². The summed E-state index contributed by atoms with van der Waals surface area (Å²) in [6.45, 7) is 4.01. The number of aryl methyl sites for hydroxylation is 2. The number of hydrogen-bond donors (Lipinski definition) is 2. The minimum atomic E-state index is -0.877. The van der Waals surface area contributed by atoms with Crippen molar-refractivity contribution in [1.29, 1.82) is 0 Å². The Bertz CT molecular complexity index is 943. The van der Waals surface area contributed by atoms with Gasteiger partial charge in [-0.3, -0.25) is 4.79 Å². The first-order valence-electron chi connectivity index (χ1n) is 7.58. The highest BCUT2D eigenvalue weighted by atomic mass is 35.5. The number of fused-ring (bicyclic) bond motifs is 1. The second-order valence-electron chi connectivity index (χ2n) is 5.90. The van der Waals surface area contributed by atoms with Crippen LogP contribution in [0.4, 0.5) is 0 Å². The van der Waals surface area contributed by atoms with Crippen molar-refractivity contribution in [2.45, 2.75) is 20.3 Å². The molecule has 0 radical (unpaired) electrons. The second kappa shape index (κ2) is 6.21. The summed E-state index contributed by atoms with van der Waals surface area (Å²) in [5, 5.41) is 10.9. The van der Waals surface area contributed by atoms with Gasteiger partial charge in [0.15, 0.2) is 0 Å². The highest BCUT2D eigenvalue weighted by Gasteiger charge is 2.20. The normalized spacial score (nSPS) is 11.0. The van der Waals surface area contributed by atoms with E-state index in [0.717, 1.165) is 38.9 Å². The Morgan fingerprint density at radius 1 is 1.25 bits per heavy atom. The maximum atomic E-state index is 11.4. The highest BCUT2D eigenvalue weighted by molar-refractivity contribution is 6.31. The Balaban J connectivity index is 2.37. The van der Waals surface area contributed by atoms with Crippen LogP contribution in [0.15, 0.2) is 30.3 Å². The van der Waals surface area contributed by atoms with E-state index in [1.807, 2.05) is 19.9 Å². The number of hydrogen-bond acceptors (Lipinski definition) is 2. The molecule has 0 bridgehead atoms. The first-order valence-corrected chi connectivity index (χ1v) is 7.96. The van der Waals surface area contributed by atoms with Gasteiger partial charge < -0.3 is 14.8 Å². The molecule has 0 spiro atoms. The molecule has 0 saturated heterocycles. The first-order chi connectivity index (χ1) is 11.4. The zero-order valence-corrected chi connectivity index (χ0v) is 14.5. The van der Waals surface area contributed by atoms with Crippen LogP contribution in [0.1, 0.15) is 16.7 Å². The third-order valence-electron chi connectivity index (χ3n) is 4.12. The topological polar surface area (TPSA) is 62.3 Å². The molecule has 3 rings (SSSR count). The molecule has 5 heteroatoms. The standard InChI is InChI=1S/C19H18ClNO3/c1-10-6-11(2)18-13(7-10)14(9-17(22)23)19(21-18)15-8-12(20)4-5-16(15)24-3/h4-8,21H,9H2,1-3H3,(H,22,23). The molecule has 4 nitrogen and oxygen atoms in total. The highest BCUT2D eigenvalue weighted by Crippen LogP contribution is 2.38. The summed E-state index contributed by atoms with van der Waals surface area (Å²) in [7, 11) is 1.58. The van der Waals surface area contributed by atoms with E-state index in [4.69, 9.17) is 16.3 Å². The molecule has 0 amide bonds. The summed E-state index contributed by atoms with van der Waals surface area (Å²) in [5.41, 5.74) is 5.34. The zero-order chi connectivity index (χ0) is 17.4. The molecule has 0 fully saturated rings. The number of aromatic amines is 1. The summed E-state index contributed by atoms with van der Waals surface area (Å²) in [4.78, 5) is 14.8. The number of methoxy groups -OCH3 is 1. The van der Waals surface area contributed by atoms with Crippen LogP contribution < -0.4 is 4.74 Å². The lowest BCUT2D eigenvalue weighted by Crippen LogP contribution is -2.01. The minimum Gasteiger partial charge on any atom is -0.496 e. The summed E-state index contributed by atoms with van der Waals surface area (Å²) in [6.07, 6.45) is -0.0755. The molecule has 0 atom stereocenters. The number of aliphatic carboxylic acids is 1. The predicted octanol–water partition coefficient (Wildman–Crippen LogP) is 4.74. The molecule has 1 aromatic heterocycles. The molecule has 3 aromatic rings. The van der Waals surface area contributed by atoms with E-state index in [0.29, 0.717) is 10.8 Å². The van der Waals surface area contributed by atoms with Crippen molar-refractivity contribution in [2.24, 2.45) is 0 Å². The monoisotopic (exact) mass is 343 g/mol. The van der Waals surface area contributed by atoms with E-state index in [1.54, 1.807) is 25.3 Å². The third kappa shape index (κ3) is 2.85. The SMILES string of the molecule is COc1ccc(Cl)cc1-c1[nH]c2c(C)cc(C)cc2c1CC(=O)O. The minimum absolute atomic E-state index is 0.0755. The van der Waals surface area contributed by atoms with Crippen LogP contribution in [-0.2, 0) is 11.2 Å². The number of nitrogens with one attached hydrogen (secondary N) is 1. The van der Waals surface area contributed by atoms with Crippen molar-refractivity contribution < 1.29 is 14.6 Å². The van der Waals surface area contributed by atoms with Gasteiger partial charge in [-0.05, 0) is 49.2 Å². The average molecular weight is 344 g/mol. The third-order valence-corrected chi connectivity index (χ3v) is 4.35. The fourth-order valence-corrected chi connectivity index (χ4v) is 3.32. The van der Waals surface area contributed by atoms with Crippen molar-refractivity contribution in [3.05, 3.63) is 52.0 Å². The number of carbonyl (C=O) groups is 1. The summed E-state index contributed by atoms with van der Waals surface area (Å²) >= 11 is 6.15. The van der Waals surface area contributed by atoms with E-state index >= 15 is 0 Å². The Morgan fingerprint density at radius 2 is 2.00 bits per heavy atom. The fraction of sp³-hybridized carbons (Fsp3) is 0.211.